The van der Waals surface area contributed by atoms with Crippen LogP contribution in [0.15, 0.2) is 212 Å². The summed E-state index contributed by atoms with van der Waals surface area (Å²) in [7, 11) is 8.20. The third-order valence-corrected chi connectivity index (χ3v) is 25.9. The molecule has 0 N–H and O–H groups in total. The lowest BCUT2D eigenvalue weighted by Gasteiger charge is -2.23. The number of pyridine rings is 4. The minimum atomic E-state index is 0.497. The zero-order valence-electron chi connectivity index (χ0n) is 68.1. The van der Waals surface area contributed by atoms with Gasteiger partial charge in [0.05, 0.1) is 47.5 Å². The fourth-order valence-corrected chi connectivity index (χ4v) is 19.7. The van der Waals surface area contributed by atoms with Crippen LogP contribution in [0.3, 0.4) is 0 Å². The number of aromatic nitrogens is 4. The summed E-state index contributed by atoms with van der Waals surface area (Å²) in [6.45, 7) is 31.9. The van der Waals surface area contributed by atoms with Crippen molar-refractivity contribution in [1.29, 1.82) is 5.26 Å². The zero-order chi connectivity index (χ0) is 79.8. The van der Waals surface area contributed by atoms with Crippen molar-refractivity contribution in [1.82, 2.24) is 0 Å². The van der Waals surface area contributed by atoms with E-state index in [9.17, 15) is 5.26 Å². The first kappa shape index (κ1) is 76.2. The summed E-state index contributed by atoms with van der Waals surface area (Å²) in [5.74, 6) is 2.23. The quantitative estimate of drug-likeness (QED) is 0.111. The summed E-state index contributed by atoms with van der Waals surface area (Å²) >= 11 is 0. The third-order valence-electron chi connectivity index (χ3n) is 25.9. The van der Waals surface area contributed by atoms with Crippen LogP contribution in [0.5, 0.6) is 0 Å². The van der Waals surface area contributed by atoms with Gasteiger partial charge in [-0.15, -0.1) is 0 Å². The number of hydrogen-bond acceptors (Lipinski definition) is 5. The van der Waals surface area contributed by atoms with Crippen molar-refractivity contribution in [3.05, 3.63) is 279 Å². The largest absolute Gasteiger partial charge is 0.467 e. The second kappa shape index (κ2) is 32.8. The van der Waals surface area contributed by atoms with Gasteiger partial charge in [0.25, 0.3) is 0 Å². The van der Waals surface area contributed by atoms with E-state index in [1.807, 2.05) is 49.6 Å². The molecule has 12 nitrogen and oxygen atoms in total. The number of hydrogen-bond donors (Lipinski definition) is 0. The molecule has 0 radical (unpaired) electrons. The normalized spacial score (nSPS) is 15.1. The van der Waals surface area contributed by atoms with Crippen LogP contribution >= 0.6 is 0 Å². The summed E-state index contributed by atoms with van der Waals surface area (Å²) in [6, 6.07) is 61.9. The average Bonchev–Trinajstić information content (AvgIpc) is 1.61. The molecule has 0 saturated heterocycles. The van der Waals surface area contributed by atoms with Gasteiger partial charge < -0.3 is 17.7 Å². The first-order valence-corrected chi connectivity index (χ1v) is 42.0. The van der Waals surface area contributed by atoms with Gasteiger partial charge in [0.2, 0.25) is 34.2 Å². The lowest BCUT2D eigenvalue weighted by Crippen LogP contribution is -2.30. The molecule has 4 aliphatic rings. The van der Waals surface area contributed by atoms with Crippen molar-refractivity contribution in [2.24, 2.45) is 28.2 Å². The van der Waals surface area contributed by atoms with Crippen LogP contribution in [-0.4, -0.2) is 0 Å². The summed E-state index contributed by atoms with van der Waals surface area (Å²) in [4.78, 5) is 11.6. The van der Waals surface area contributed by atoms with Gasteiger partial charge >= 0.3 is 0 Å². The van der Waals surface area contributed by atoms with Gasteiger partial charge in [-0.2, -0.15) is 5.26 Å². The lowest BCUT2D eigenvalue weighted by molar-refractivity contribution is -0.660. The Bertz CT molecular complexity index is 6620. The number of nitriles is 1. The van der Waals surface area contributed by atoms with E-state index in [-0.39, 0.29) is 0 Å². The Morgan fingerprint density at radius 2 is 0.741 bits per heavy atom. The Kier molecular flexibility index (Phi) is 21.5. The van der Waals surface area contributed by atoms with Crippen LogP contribution in [0.4, 0.5) is 17.1 Å². The van der Waals surface area contributed by atoms with Crippen LogP contribution in [0.1, 0.15) is 202 Å². The molecule has 0 spiro atoms. The van der Waals surface area contributed by atoms with E-state index < -0.39 is 0 Å². The van der Waals surface area contributed by atoms with Gasteiger partial charge in [-0.05, 0) is 245 Å². The van der Waals surface area contributed by atoms with Crippen LogP contribution in [0, 0.1) is 58.7 Å². The van der Waals surface area contributed by atoms with Gasteiger partial charge in [0, 0.05) is 91.6 Å². The summed E-state index contributed by atoms with van der Waals surface area (Å²) < 4.78 is 33.4. The van der Waals surface area contributed by atoms with Crippen LogP contribution in [-0.2, 0) is 28.2 Å². The molecule has 4 fully saturated rings. The molecule has 116 heavy (non-hydrogen) atoms. The molecule has 0 atom stereocenters. The second-order valence-electron chi connectivity index (χ2n) is 33.2. The summed E-state index contributed by atoms with van der Waals surface area (Å²) in [5, 5.41) is 18.8. The molecule has 4 aliphatic carbocycles. The highest BCUT2D eigenvalue weighted by molar-refractivity contribution is 6.14. The molecule has 16 aromatic rings. The van der Waals surface area contributed by atoms with Gasteiger partial charge in [0.15, 0.2) is 30.5 Å². The van der Waals surface area contributed by atoms with Crippen molar-refractivity contribution >= 4 is 105 Å². The third kappa shape index (κ3) is 14.5. The molecule has 0 bridgehead atoms. The van der Waals surface area contributed by atoms with Gasteiger partial charge in [-0.3, -0.25) is 0 Å². The first-order chi connectivity index (χ1) is 56.6. The molecule has 20 rings (SSSR count). The predicted molar refractivity (Wildman–Crippen MR) is 467 cm³/mol. The molecule has 0 aliphatic heterocycles. The van der Waals surface area contributed by atoms with E-state index in [0.29, 0.717) is 40.6 Å². The number of benzene rings is 8. The van der Waals surface area contributed by atoms with Crippen molar-refractivity contribution in [3.63, 3.8) is 0 Å². The van der Waals surface area contributed by atoms with Crippen molar-refractivity contribution in [2.45, 2.75) is 180 Å². The molecule has 8 heterocycles. The van der Waals surface area contributed by atoms with E-state index >= 15 is 0 Å². The Morgan fingerprint density at radius 1 is 0.336 bits per heavy atom. The molecule has 576 valence electrons. The summed E-state index contributed by atoms with van der Waals surface area (Å²) in [6.07, 6.45) is 33.6. The van der Waals surface area contributed by atoms with E-state index in [1.54, 1.807) is 0 Å². The van der Waals surface area contributed by atoms with Crippen molar-refractivity contribution in [3.8, 4) is 51.1 Å². The van der Waals surface area contributed by atoms with E-state index in [2.05, 4.69) is 240 Å². The maximum atomic E-state index is 10.1. The van der Waals surface area contributed by atoms with E-state index in [0.717, 1.165) is 138 Å². The number of rotatable bonds is 8. The Balaban J connectivity index is 0.000000111. The van der Waals surface area contributed by atoms with E-state index in [4.69, 9.17) is 37.4 Å². The maximum Gasteiger partial charge on any atom is 0.243 e. The SMILES string of the molecule is Cc1cc2c(cc1-c1cccc[n+]1C)oc1ccc(C3CCCCC3)c(C#N)c12.[C-]#[N+]c1c(-c2cccc[n+]2C)c(C)cc2c1oc1ccc(C3CCCCC3)cc12.[C-]#[N+]c1cc(C2CCCCC2)cc2c1oc1cc(-c3cccc[n+]3C)c(C)cc12.[C-]#[N+]c1cc2oc3cc(-c4cccc[n+]4C)c(C)cc3c2cc1C1CCCCC1. The molecule has 12 heteroatoms. The van der Waals surface area contributed by atoms with Crippen molar-refractivity contribution < 1.29 is 35.9 Å². The minimum absolute atomic E-state index is 0.497. The van der Waals surface area contributed by atoms with Gasteiger partial charge in [0.1, 0.15) is 78.9 Å². The minimum Gasteiger partial charge on any atom is -0.467 e. The van der Waals surface area contributed by atoms with Crippen LogP contribution in [0.25, 0.3) is 147 Å². The Labute approximate surface area is 680 Å². The predicted octanol–water partition coefficient (Wildman–Crippen LogP) is 27.3. The number of fused-ring (bicyclic) bond motifs is 12. The molecule has 4 saturated carbocycles. The topological polar surface area (TPSA) is 105 Å². The van der Waals surface area contributed by atoms with Crippen LogP contribution < -0.4 is 18.3 Å². The monoisotopic (exact) mass is 1520 g/mol. The highest BCUT2D eigenvalue weighted by Gasteiger charge is 2.30. The van der Waals surface area contributed by atoms with Crippen LogP contribution in [0.2, 0.25) is 0 Å². The summed E-state index contributed by atoms with van der Waals surface area (Å²) in [5.41, 5.74) is 28.2. The smallest absolute Gasteiger partial charge is 0.243 e. The molecule has 0 unspecified atom stereocenters. The van der Waals surface area contributed by atoms with E-state index in [1.165, 1.54) is 173 Å². The lowest BCUT2D eigenvalue weighted by atomic mass is 9.81. The number of nitrogens with zero attached hydrogens (tertiary/aromatic N) is 8. The highest BCUT2D eigenvalue weighted by atomic mass is 16.3. The molecule has 8 aromatic carbocycles. The standard InChI is InChI=1S/4C26H25N2O/c1-17-15-21-20-16-19(18-9-5-4-6-10-18)12-13-23(20)29-26(21)25(27-2)24(17)22-11-7-8-14-28(22)3;1-17-13-21-22-14-20(18-9-5-4-6-10-18)23(27-2)16-26(22)29-25(21)15-19(17)24-11-7-8-12-28(24)3;1-17-13-21-22-14-19(18-9-5-4-6-10-18)15-23(27-2)26(22)29-25(21)16-20(17)24-11-7-8-12-28(24)3;1-17-14-21-25(15-20(17)23-10-6-7-13-28(23)2)29-24-12-11-19(22(16-27)26(21)24)18-8-4-3-5-9-18/h3*7-8,11-16,18H,4-6,9-10H2,1,3H3;6-7,10-15,18H,3-5,8-9H2,1-2H3/q4*+1. The molecular formula is C104H100N8O4+4. The Hall–Kier alpha value is -12.5. The zero-order valence-corrected chi connectivity index (χ0v) is 68.1. The first-order valence-electron chi connectivity index (χ1n) is 42.0. The second-order valence-corrected chi connectivity index (χ2v) is 33.2. The Morgan fingerprint density at radius 3 is 1.26 bits per heavy atom. The highest BCUT2D eigenvalue weighted by Crippen LogP contribution is 2.49. The number of furan rings is 4. The molecule has 8 aromatic heterocycles. The fourth-order valence-electron chi connectivity index (χ4n) is 19.7. The molecular weight excluding hydrogens is 1430 g/mol. The van der Waals surface area contributed by atoms with Gasteiger partial charge in [-0.25, -0.2) is 32.8 Å². The number of aryl methyl sites for hydroxylation is 8. The average molecular weight is 1530 g/mol. The van der Waals surface area contributed by atoms with Crippen molar-refractivity contribution in [2.75, 3.05) is 0 Å². The van der Waals surface area contributed by atoms with Gasteiger partial charge in [-0.1, -0.05) is 101 Å². The fraction of sp³-hybridized carbons (Fsp3) is 0.308. The maximum absolute atomic E-state index is 10.1. The molecule has 0 amide bonds.